The molecule has 0 spiro atoms. The van der Waals surface area contributed by atoms with E-state index in [0.29, 0.717) is 45.5 Å². The Bertz CT molecular complexity index is 1830. The van der Waals surface area contributed by atoms with Gasteiger partial charge < -0.3 is 43.6 Å². The molecule has 1 saturated heterocycles. The van der Waals surface area contributed by atoms with E-state index in [9.17, 15) is 26.4 Å². The Morgan fingerprint density at radius 1 is 0.959 bits per heavy atom. The second kappa shape index (κ2) is 21.9. The molecule has 14 nitrogen and oxygen atoms in total. The van der Waals surface area contributed by atoms with Gasteiger partial charge in [-0.05, 0) is 73.2 Å². The number of carbonyl (C=O) groups excluding carboxylic acids is 2. The van der Waals surface area contributed by atoms with E-state index in [1.165, 1.54) is 19.4 Å². The number of hydrogen-bond donors (Lipinski definition) is 3. The van der Waals surface area contributed by atoms with Crippen LogP contribution < -0.4 is 49.7 Å². The molecule has 0 saturated carbocycles. The minimum absolute atomic E-state index is 0. The van der Waals surface area contributed by atoms with E-state index in [-0.39, 0.29) is 59.8 Å². The molecular weight excluding hydrogens is 687 g/mol. The van der Waals surface area contributed by atoms with Crippen LogP contribution in [-0.4, -0.2) is 80.7 Å². The second-order valence-electron chi connectivity index (χ2n) is 10.7. The molecule has 49 heavy (non-hydrogen) atoms. The van der Waals surface area contributed by atoms with Crippen LogP contribution in [0.2, 0.25) is 0 Å². The molecule has 4 N–H and O–H groups in total. The SMILES string of the molecule is COc1ccc2[nH]cc(CCNC(C)=O)c2c1.COc1ccc2c(c1)c(CCNC(C)=O)cn2CCC[S-](=O)=O.O=S1(=O)CCCO1.[HH].[Na+].[OH-]. The van der Waals surface area contributed by atoms with Gasteiger partial charge in [0.05, 0.1) is 26.6 Å². The standard InChI is InChI=1S/C16H21N2O4S.C13H16N2O2.C3H6O3S.Na.H2O.H2/c1-12(19)17-7-6-13-11-18(8-3-9-23(20)21)16-5-4-14(22-2)10-15(13)16;1-9(16)14-6-5-10-8-15-13-4-3-11(17-2)7-12(10)13;4-7(5)3-1-2-6-7;;;/h4-5,10-11H,3,6-9H2,1-2H3,(H,17,19);3-4,7-8,15H,5-6H2,1-2H3,(H,14,16);1-3H2;;1H2;1H/q-1;;;+1;;/p-1. The van der Waals surface area contributed by atoms with Gasteiger partial charge in [-0.2, -0.15) is 8.42 Å². The zero-order valence-electron chi connectivity index (χ0n) is 28.6. The topological polar surface area (TPSA) is 205 Å². The summed E-state index contributed by atoms with van der Waals surface area (Å²) in [4.78, 5) is 25.0. The zero-order chi connectivity index (χ0) is 34.4. The Balaban J connectivity index is 0.000000783. The summed E-state index contributed by atoms with van der Waals surface area (Å²) in [6.45, 7) is 5.25. The number of amides is 2. The van der Waals surface area contributed by atoms with Crippen LogP contribution in [-0.2, 0) is 62.4 Å². The first-order chi connectivity index (χ1) is 22.4. The number of H-pyrrole nitrogens is 1. The Morgan fingerprint density at radius 3 is 2.06 bits per heavy atom. The molecule has 2 aromatic carbocycles. The number of aromatic amines is 1. The first-order valence-corrected chi connectivity index (χ1v) is 18.0. The molecule has 1 aliphatic rings. The Labute approximate surface area is 312 Å². The molecule has 5 rings (SSSR count). The van der Waals surface area contributed by atoms with Crippen LogP contribution in [0, 0.1) is 0 Å². The molecule has 0 unspecified atom stereocenters. The van der Waals surface area contributed by atoms with E-state index in [4.69, 9.17) is 9.47 Å². The quantitative estimate of drug-likeness (QED) is 0.106. The van der Waals surface area contributed by atoms with Crippen molar-refractivity contribution in [1.82, 2.24) is 20.2 Å². The van der Waals surface area contributed by atoms with Gasteiger partial charge >= 0.3 is 29.6 Å². The van der Waals surface area contributed by atoms with Gasteiger partial charge in [-0.25, -0.2) is 0 Å². The van der Waals surface area contributed by atoms with Gasteiger partial charge in [-0.3, -0.25) is 13.8 Å². The van der Waals surface area contributed by atoms with Crippen molar-refractivity contribution in [1.29, 1.82) is 0 Å². The number of aromatic nitrogens is 2. The smallest absolute Gasteiger partial charge is 0.870 e. The van der Waals surface area contributed by atoms with Crippen molar-refractivity contribution < 1.29 is 76.5 Å². The molecule has 2 aromatic heterocycles. The average Bonchev–Trinajstić information content (AvgIpc) is 3.73. The fourth-order valence-electron chi connectivity index (χ4n) is 4.93. The summed E-state index contributed by atoms with van der Waals surface area (Å²) >= 11 is 0. The second-order valence-corrected chi connectivity index (χ2v) is 13.5. The fourth-order valence-corrected chi connectivity index (χ4v) is 6.26. The summed E-state index contributed by atoms with van der Waals surface area (Å²) in [5.41, 5.74) is 4.42. The molecule has 0 radical (unpaired) electrons. The van der Waals surface area contributed by atoms with Crippen molar-refractivity contribution in [3.05, 3.63) is 59.9 Å². The average molecular weight is 734 g/mol. The van der Waals surface area contributed by atoms with Gasteiger partial charge in [0.1, 0.15) is 11.5 Å². The van der Waals surface area contributed by atoms with Crippen molar-refractivity contribution in [3.8, 4) is 11.5 Å². The predicted octanol–water partition coefficient (Wildman–Crippen LogP) is 0.693. The van der Waals surface area contributed by atoms with Gasteiger partial charge in [0, 0.05) is 69.1 Å². The number of carbonyl (C=O) groups is 2. The molecule has 4 aromatic rings. The summed E-state index contributed by atoms with van der Waals surface area (Å²) in [7, 11) is -1.78. The number of hydrogen-bond acceptors (Lipinski definition) is 11. The maximum Gasteiger partial charge on any atom is 1.00 e. The largest absolute Gasteiger partial charge is 1.00 e. The van der Waals surface area contributed by atoms with Crippen LogP contribution in [0.3, 0.4) is 0 Å². The number of methoxy groups -OCH3 is 2. The van der Waals surface area contributed by atoms with E-state index in [0.717, 1.165) is 45.3 Å². The molecule has 0 atom stereocenters. The van der Waals surface area contributed by atoms with Gasteiger partial charge in [-0.1, -0.05) is 16.5 Å². The third-order valence-corrected chi connectivity index (χ3v) is 9.13. The van der Waals surface area contributed by atoms with E-state index < -0.39 is 20.8 Å². The maximum absolute atomic E-state index is 11.0. The first kappa shape index (κ1) is 43.9. The summed E-state index contributed by atoms with van der Waals surface area (Å²) in [6, 6.07) is 11.8. The molecule has 0 bridgehead atoms. The minimum atomic E-state index is -3.05. The van der Waals surface area contributed by atoms with E-state index in [1.54, 1.807) is 14.2 Å². The van der Waals surface area contributed by atoms with Crippen LogP contribution in [0.15, 0.2) is 48.8 Å². The fraction of sp³-hybridized carbons (Fsp3) is 0.438. The molecule has 2 amide bonds. The number of fused-ring (bicyclic) bond motifs is 2. The summed E-state index contributed by atoms with van der Waals surface area (Å²) < 4.78 is 58.6. The number of nitrogens with zero attached hydrogens (tertiary/aromatic N) is 1. The van der Waals surface area contributed by atoms with Crippen LogP contribution in [0.1, 0.15) is 39.2 Å². The maximum atomic E-state index is 11.0. The molecule has 268 valence electrons. The van der Waals surface area contributed by atoms with Gasteiger partial charge in [0.25, 0.3) is 10.1 Å². The molecule has 1 aliphatic heterocycles. The number of nitrogens with one attached hydrogen (secondary N) is 3. The molecule has 3 heterocycles. The van der Waals surface area contributed by atoms with Gasteiger partial charge in [0.15, 0.2) is 0 Å². The number of rotatable bonds is 12. The summed E-state index contributed by atoms with van der Waals surface area (Å²) in [6.07, 6.45) is 6.75. The monoisotopic (exact) mass is 733 g/mol. The normalized spacial score (nSPS) is 12.8. The van der Waals surface area contributed by atoms with E-state index in [2.05, 4.69) is 24.4 Å². The van der Waals surface area contributed by atoms with Crippen molar-refractivity contribution >= 4 is 54.4 Å². The van der Waals surface area contributed by atoms with Crippen LogP contribution in [0.5, 0.6) is 11.5 Å². The molecular formula is C32H46N4NaO10S2-. The Morgan fingerprint density at radius 2 is 1.55 bits per heavy atom. The van der Waals surface area contributed by atoms with E-state index in [1.807, 2.05) is 48.8 Å². The molecule has 17 heteroatoms. The van der Waals surface area contributed by atoms with Gasteiger partial charge in [-0.15, -0.1) is 0 Å². The van der Waals surface area contributed by atoms with Crippen molar-refractivity contribution in [2.75, 3.05) is 45.4 Å². The van der Waals surface area contributed by atoms with Crippen molar-refractivity contribution in [3.63, 3.8) is 0 Å². The summed E-state index contributed by atoms with van der Waals surface area (Å²) in [5, 5.41) is 7.80. The third-order valence-electron chi connectivity index (χ3n) is 7.19. The van der Waals surface area contributed by atoms with Crippen LogP contribution in [0.25, 0.3) is 21.8 Å². The summed E-state index contributed by atoms with van der Waals surface area (Å²) in [5.74, 6) is 1.92. The van der Waals surface area contributed by atoms with Crippen LogP contribution in [0.4, 0.5) is 0 Å². The van der Waals surface area contributed by atoms with Gasteiger partial charge in [0.2, 0.25) is 11.8 Å². The van der Waals surface area contributed by atoms with E-state index >= 15 is 0 Å². The Hall–Kier alpha value is -3.12. The number of ether oxygens (including phenoxy) is 2. The van der Waals surface area contributed by atoms with Crippen molar-refractivity contribution in [2.24, 2.45) is 0 Å². The first-order valence-electron chi connectivity index (χ1n) is 15.1. The molecule has 1 fully saturated rings. The molecule has 0 aliphatic carbocycles. The van der Waals surface area contributed by atoms with Crippen LogP contribution >= 0.6 is 0 Å². The van der Waals surface area contributed by atoms with Crippen molar-refractivity contribution in [2.45, 2.75) is 46.1 Å². The number of benzene rings is 2. The number of aryl methyl sites for hydroxylation is 1. The Kier molecular flexibility index (Phi) is 19.6. The zero-order valence-corrected chi connectivity index (χ0v) is 32.2. The minimum Gasteiger partial charge on any atom is -0.870 e. The predicted molar refractivity (Wildman–Crippen MR) is 185 cm³/mol. The third kappa shape index (κ3) is 14.7.